The van der Waals surface area contributed by atoms with Gasteiger partial charge in [0, 0.05) is 6.54 Å². The van der Waals surface area contributed by atoms with Crippen molar-refractivity contribution in [2.45, 2.75) is 12.8 Å². The zero-order chi connectivity index (χ0) is 7.11. The van der Waals surface area contributed by atoms with Gasteiger partial charge in [0.15, 0.2) is 0 Å². The molecule has 0 aromatic heterocycles. The van der Waals surface area contributed by atoms with E-state index in [4.69, 9.17) is 10.3 Å². The minimum atomic E-state index is -1.86. The Kier molecular flexibility index (Phi) is 6.18. The van der Waals surface area contributed by atoms with Gasteiger partial charge in [0.1, 0.15) is 0 Å². The van der Waals surface area contributed by atoms with E-state index in [0.29, 0.717) is 13.1 Å². The summed E-state index contributed by atoms with van der Waals surface area (Å²) < 4.78 is 20.5. The first kappa shape index (κ1) is 9.03. The highest BCUT2D eigenvalue weighted by Crippen LogP contribution is 1.81. The molecule has 9 heavy (non-hydrogen) atoms. The van der Waals surface area contributed by atoms with Crippen LogP contribution in [0.15, 0.2) is 0 Å². The summed E-state index contributed by atoms with van der Waals surface area (Å²) in [7, 11) is 0. The van der Waals surface area contributed by atoms with E-state index < -0.39 is 11.3 Å². The second kappa shape index (κ2) is 6.15. The number of rotatable bonds is 5. The van der Waals surface area contributed by atoms with Gasteiger partial charge in [-0.2, -0.15) is 0 Å². The van der Waals surface area contributed by atoms with Crippen molar-refractivity contribution >= 4 is 11.3 Å². The van der Waals surface area contributed by atoms with E-state index in [2.05, 4.69) is 4.72 Å². The predicted octanol–water partition coefficient (Wildman–Crippen LogP) is -0.548. The van der Waals surface area contributed by atoms with Crippen molar-refractivity contribution in [3.63, 3.8) is 0 Å². The molecule has 0 radical (unpaired) electrons. The molecule has 0 aliphatic rings. The summed E-state index contributed by atoms with van der Waals surface area (Å²) in [6, 6.07) is 0. The summed E-state index contributed by atoms with van der Waals surface area (Å²) in [5.41, 5.74) is 5.18. The Bertz CT molecular complexity index is 88.6. The summed E-state index contributed by atoms with van der Waals surface area (Å²) in [6.07, 6.45) is 1.74. The average molecular weight is 152 g/mol. The second-order valence-corrected chi connectivity index (χ2v) is 2.43. The maximum atomic E-state index is 9.93. The van der Waals surface area contributed by atoms with Gasteiger partial charge >= 0.3 is 0 Å². The van der Waals surface area contributed by atoms with Crippen molar-refractivity contribution in [3.05, 3.63) is 0 Å². The van der Waals surface area contributed by atoms with Gasteiger partial charge in [0.05, 0.1) is 0 Å². The largest absolute Gasteiger partial charge is 0.330 e. The average Bonchev–Trinajstić information content (AvgIpc) is 1.80. The van der Waals surface area contributed by atoms with Crippen LogP contribution in [0.4, 0.5) is 0 Å². The quantitative estimate of drug-likeness (QED) is 0.365. The minimum absolute atomic E-state index is 0.556. The Balaban J connectivity index is 2.83. The maximum absolute atomic E-state index is 9.93. The lowest BCUT2D eigenvalue weighted by molar-refractivity contribution is 0.545. The normalized spacial score (nSPS) is 13.6. The second-order valence-electron chi connectivity index (χ2n) is 1.64. The summed E-state index contributed by atoms with van der Waals surface area (Å²) in [5.74, 6) is 0. The molecule has 0 fully saturated rings. The topological polar surface area (TPSA) is 75.3 Å². The molecule has 0 heterocycles. The Hall–Kier alpha value is 0.0300. The first-order valence-corrected chi connectivity index (χ1v) is 3.92. The van der Waals surface area contributed by atoms with Crippen LogP contribution in [0.25, 0.3) is 0 Å². The van der Waals surface area contributed by atoms with E-state index >= 15 is 0 Å². The fraction of sp³-hybridized carbons (Fsp3) is 1.00. The summed E-state index contributed by atoms with van der Waals surface area (Å²) in [5, 5.41) is 0. The molecule has 1 unspecified atom stereocenters. The summed E-state index contributed by atoms with van der Waals surface area (Å²) >= 11 is -1.86. The van der Waals surface area contributed by atoms with Crippen LogP contribution in [-0.2, 0) is 11.3 Å². The fourth-order valence-electron chi connectivity index (χ4n) is 0.429. The predicted molar refractivity (Wildman–Crippen MR) is 37.1 cm³/mol. The number of hydrogen-bond donors (Lipinski definition) is 3. The molecule has 56 valence electrons. The third kappa shape index (κ3) is 8.03. The van der Waals surface area contributed by atoms with Gasteiger partial charge in [-0.3, -0.25) is 4.55 Å². The summed E-state index contributed by atoms with van der Waals surface area (Å²) in [6.45, 7) is 1.19. The molecule has 4 nitrogen and oxygen atoms in total. The van der Waals surface area contributed by atoms with Crippen LogP contribution < -0.4 is 10.5 Å². The zero-order valence-corrected chi connectivity index (χ0v) is 5.99. The SMILES string of the molecule is NCCCCNS(=O)O. The number of nitrogens with two attached hydrogens (primary N) is 1. The molecule has 0 aromatic rings. The highest BCUT2D eigenvalue weighted by atomic mass is 32.2. The molecular weight excluding hydrogens is 140 g/mol. The monoisotopic (exact) mass is 152 g/mol. The standard InChI is InChI=1S/C4H12N2O2S/c5-3-1-2-4-6-9(7)8/h6H,1-5H2,(H,7,8). The van der Waals surface area contributed by atoms with Crippen molar-refractivity contribution in [1.82, 2.24) is 4.72 Å². The van der Waals surface area contributed by atoms with Crippen molar-refractivity contribution in [3.8, 4) is 0 Å². The molecule has 0 spiro atoms. The van der Waals surface area contributed by atoms with Crippen LogP contribution in [0.1, 0.15) is 12.8 Å². The van der Waals surface area contributed by atoms with Gasteiger partial charge in [-0.05, 0) is 19.4 Å². The molecule has 0 rings (SSSR count). The first-order valence-electron chi connectivity index (χ1n) is 2.82. The van der Waals surface area contributed by atoms with E-state index in [1.807, 2.05) is 0 Å². The third-order valence-corrected chi connectivity index (χ3v) is 1.31. The molecule has 0 aliphatic heterocycles. The minimum Gasteiger partial charge on any atom is -0.330 e. The Morgan fingerprint density at radius 2 is 2.22 bits per heavy atom. The van der Waals surface area contributed by atoms with Gasteiger partial charge in [0.2, 0.25) is 11.3 Å². The Morgan fingerprint density at radius 1 is 1.56 bits per heavy atom. The molecule has 4 N–H and O–H groups in total. The van der Waals surface area contributed by atoms with E-state index in [-0.39, 0.29) is 0 Å². The van der Waals surface area contributed by atoms with Crippen molar-refractivity contribution in [2.24, 2.45) is 5.73 Å². The zero-order valence-electron chi connectivity index (χ0n) is 5.17. The lowest BCUT2D eigenvalue weighted by atomic mass is 10.3. The number of nitrogens with one attached hydrogen (secondary N) is 1. The summed E-state index contributed by atoms with van der Waals surface area (Å²) in [4.78, 5) is 0. The molecule has 0 amide bonds. The van der Waals surface area contributed by atoms with Crippen LogP contribution >= 0.6 is 0 Å². The van der Waals surface area contributed by atoms with Crippen LogP contribution in [0.5, 0.6) is 0 Å². The van der Waals surface area contributed by atoms with Gasteiger partial charge in [-0.25, -0.2) is 8.93 Å². The van der Waals surface area contributed by atoms with Gasteiger partial charge < -0.3 is 5.73 Å². The molecular formula is C4H12N2O2S. The van der Waals surface area contributed by atoms with Gasteiger partial charge in [-0.15, -0.1) is 0 Å². The highest BCUT2D eigenvalue weighted by molar-refractivity contribution is 7.77. The lowest BCUT2D eigenvalue weighted by Crippen LogP contribution is -2.18. The van der Waals surface area contributed by atoms with Crippen LogP contribution in [0.2, 0.25) is 0 Å². The third-order valence-electron chi connectivity index (χ3n) is 0.856. The fourth-order valence-corrected chi connectivity index (χ4v) is 0.748. The van der Waals surface area contributed by atoms with Crippen LogP contribution in [0, 0.1) is 0 Å². The van der Waals surface area contributed by atoms with Gasteiger partial charge in [-0.1, -0.05) is 0 Å². The molecule has 5 heteroatoms. The molecule has 0 aromatic carbocycles. The van der Waals surface area contributed by atoms with Crippen molar-refractivity contribution < 1.29 is 8.76 Å². The van der Waals surface area contributed by atoms with Crippen LogP contribution in [0.3, 0.4) is 0 Å². The van der Waals surface area contributed by atoms with Crippen molar-refractivity contribution in [1.29, 1.82) is 0 Å². The van der Waals surface area contributed by atoms with E-state index in [0.717, 1.165) is 12.8 Å². The number of unbranched alkanes of at least 4 members (excludes halogenated alkanes) is 1. The van der Waals surface area contributed by atoms with Crippen LogP contribution in [-0.4, -0.2) is 21.9 Å². The van der Waals surface area contributed by atoms with Gasteiger partial charge in [0.25, 0.3) is 0 Å². The molecule has 1 atom stereocenters. The number of hydrogen-bond acceptors (Lipinski definition) is 2. The van der Waals surface area contributed by atoms with Crippen molar-refractivity contribution in [2.75, 3.05) is 13.1 Å². The molecule has 0 bridgehead atoms. The first-order chi connectivity index (χ1) is 4.27. The van der Waals surface area contributed by atoms with E-state index in [1.165, 1.54) is 0 Å². The molecule has 0 aliphatic carbocycles. The molecule has 0 saturated heterocycles. The Morgan fingerprint density at radius 3 is 2.67 bits per heavy atom. The molecule has 0 saturated carbocycles. The highest BCUT2D eigenvalue weighted by Gasteiger charge is 1.88. The smallest absolute Gasteiger partial charge is 0.231 e. The van der Waals surface area contributed by atoms with E-state index in [1.54, 1.807) is 0 Å². The maximum Gasteiger partial charge on any atom is 0.231 e. The Labute approximate surface area is 57.2 Å². The van der Waals surface area contributed by atoms with E-state index in [9.17, 15) is 4.21 Å². The lowest BCUT2D eigenvalue weighted by Gasteiger charge is -1.96.